The number of fused-ring (bicyclic) bond motifs is 1. The summed E-state index contributed by atoms with van der Waals surface area (Å²) in [6.07, 6.45) is 0. The molecular weight excluding hydrogens is 328 g/mol. The van der Waals surface area contributed by atoms with Crippen LogP contribution in [0.1, 0.15) is 16.7 Å². The Morgan fingerprint density at radius 1 is 1.04 bits per heavy atom. The minimum absolute atomic E-state index is 0.312. The first-order valence-corrected chi connectivity index (χ1v) is 8.69. The number of hydrogen-bond acceptors (Lipinski definition) is 3. The molecule has 1 aromatic heterocycles. The quantitative estimate of drug-likeness (QED) is 0.655. The third-order valence-electron chi connectivity index (χ3n) is 4.79. The Hall–Kier alpha value is -3.12. The van der Waals surface area contributed by atoms with Gasteiger partial charge in [-0.3, -0.25) is 9.78 Å². The number of para-hydroxylation sites is 1. The van der Waals surface area contributed by atoms with Crippen molar-refractivity contribution in [1.29, 1.82) is 0 Å². The largest absolute Gasteiger partial charge is 0.334 e. The van der Waals surface area contributed by atoms with E-state index in [2.05, 4.69) is 22.4 Å². The first kappa shape index (κ1) is 16.4. The lowest BCUT2D eigenvalue weighted by atomic mass is 10.1. The number of anilines is 1. The van der Waals surface area contributed by atoms with E-state index in [4.69, 9.17) is 0 Å². The molecule has 0 radical (unpaired) electrons. The van der Waals surface area contributed by atoms with Crippen LogP contribution in [-0.4, -0.2) is 16.2 Å². The molecule has 0 saturated carbocycles. The molecule has 3 aromatic rings. The number of nitrogens with one attached hydrogen (secondary N) is 3. The number of H-pyrrole nitrogens is 1. The van der Waals surface area contributed by atoms with Gasteiger partial charge >= 0.3 is 5.69 Å². The fourth-order valence-corrected chi connectivity index (χ4v) is 3.50. The summed E-state index contributed by atoms with van der Waals surface area (Å²) < 4.78 is 1.57. The average Bonchev–Trinajstić information content (AvgIpc) is 2.64. The maximum Gasteiger partial charge on any atom is 0.334 e. The van der Waals surface area contributed by atoms with E-state index >= 15 is 0 Å². The summed E-state index contributed by atoms with van der Waals surface area (Å²) in [5.41, 5.74) is 2.87. The van der Waals surface area contributed by atoms with Crippen LogP contribution in [0.3, 0.4) is 0 Å². The van der Waals surface area contributed by atoms with Gasteiger partial charge in [0.05, 0.1) is 5.69 Å². The van der Waals surface area contributed by atoms with Crippen molar-refractivity contribution in [3.8, 4) is 5.69 Å². The Balaban J connectivity index is 1.74. The molecule has 0 spiro atoms. The molecule has 0 saturated heterocycles. The summed E-state index contributed by atoms with van der Waals surface area (Å²) in [4.78, 5) is 28.6. The molecule has 1 aliphatic heterocycles. The van der Waals surface area contributed by atoms with Crippen molar-refractivity contribution in [2.45, 2.75) is 20.0 Å². The second kappa shape index (κ2) is 6.65. The molecule has 6 nitrogen and oxygen atoms in total. The van der Waals surface area contributed by atoms with Crippen molar-refractivity contribution < 1.29 is 4.90 Å². The van der Waals surface area contributed by atoms with Crippen molar-refractivity contribution in [3.63, 3.8) is 0 Å². The van der Waals surface area contributed by atoms with Crippen LogP contribution in [-0.2, 0) is 13.1 Å². The number of benzene rings is 2. The fourth-order valence-electron chi connectivity index (χ4n) is 3.50. The highest BCUT2D eigenvalue weighted by molar-refractivity contribution is 5.53. The van der Waals surface area contributed by atoms with Crippen LogP contribution in [0.4, 0.5) is 5.82 Å². The number of aromatic amines is 1. The fraction of sp³-hybridized carbons (Fsp3) is 0.200. The van der Waals surface area contributed by atoms with E-state index in [9.17, 15) is 9.59 Å². The van der Waals surface area contributed by atoms with Gasteiger partial charge in [-0.05, 0) is 18.6 Å². The van der Waals surface area contributed by atoms with E-state index in [0.29, 0.717) is 24.6 Å². The SMILES string of the molecule is Cc1ccccc1-n1c2c(c(=O)[nH]c1=O)C[NH+](Cc1ccccc1)CN2. The minimum atomic E-state index is -0.415. The van der Waals surface area contributed by atoms with Gasteiger partial charge in [-0.2, -0.15) is 0 Å². The molecule has 1 atom stereocenters. The highest BCUT2D eigenvalue weighted by Crippen LogP contribution is 2.19. The van der Waals surface area contributed by atoms with Gasteiger partial charge in [0, 0.05) is 5.56 Å². The van der Waals surface area contributed by atoms with Crippen LogP contribution in [0.5, 0.6) is 0 Å². The summed E-state index contributed by atoms with van der Waals surface area (Å²) in [5, 5.41) is 3.31. The molecule has 6 heteroatoms. The number of aromatic nitrogens is 2. The lowest BCUT2D eigenvalue weighted by molar-refractivity contribution is -0.926. The topological polar surface area (TPSA) is 71.3 Å². The van der Waals surface area contributed by atoms with Gasteiger partial charge in [-0.15, -0.1) is 0 Å². The number of rotatable bonds is 3. The van der Waals surface area contributed by atoms with Crippen molar-refractivity contribution in [2.24, 2.45) is 0 Å². The normalized spacial score (nSPS) is 16.0. The van der Waals surface area contributed by atoms with E-state index in [1.165, 1.54) is 10.5 Å². The molecule has 1 aliphatic rings. The molecule has 26 heavy (non-hydrogen) atoms. The van der Waals surface area contributed by atoms with Gasteiger partial charge in [-0.25, -0.2) is 9.36 Å². The number of hydrogen-bond donors (Lipinski definition) is 3. The number of nitrogens with zero attached hydrogens (tertiary/aromatic N) is 1. The molecule has 3 N–H and O–H groups in total. The maximum absolute atomic E-state index is 12.5. The predicted molar refractivity (Wildman–Crippen MR) is 101 cm³/mol. The third kappa shape index (κ3) is 2.95. The van der Waals surface area contributed by atoms with Crippen molar-refractivity contribution in [1.82, 2.24) is 9.55 Å². The minimum Gasteiger partial charge on any atom is -0.324 e. The predicted octanol–water partition coefficient (Wildman–Crippen LogP) is 0.802. The Kier molecular flexibility index (Phi) is 4.18. The first-order chi connectivity index (χ1) is 12.6. The first-order valence-electron chi connectivity index (χ1n) is 8.69. The molecular formula is C20H21N4O2+. The van der Waals surface area contributed by atoms with E-state index < -0.39 is 5.69 Å². The van der Waals surface area contributed by atoms with E-state index in [-0.39, 0.29) is 5.56 Å². The Bertz CT molecular complexity index is 1050. The van der Waals surface area contributed by atoms with E-state index in [0.717, 1.165) is 17.8 Å². The molecule has 4 rings (SSSR count). The molecule has 132 valence electrons. The van der Waals surface area contributed by atoms with Crippen LogP contribution >= 0.6 is 0 Å². The molecule has 2 aromatic carbocycles. The standard InChI is InChI=1S/C20H20N4O2/c1-14-7-5-6-10-17(14)24-18-16(19(25)22-20(24)26)12-23(13-21-18)11-15-8-3-2-4-9-15/h2-10,21H,11-13H2,1H3,(H,22,25,26)/p+1. The zero-order valence-corrected chi connectivity index (χ0v) is 14.6. The van der Waals surface area contributed by atoms with Gasteiger partial charge in [0.1, 0.15) is 24.5 Å². The van der Waals surface area contributed by atoms with Gasteiger partial charge in [0.25, 0.3) is 5.56 Å². The number of quaternary nitrogens is 1. The second-order valence-corrected chi connectivity index (χ2v) is 6.65. The van der Waals surface area contributed by atoms with Gasteiger partial charge in [0.15, 0.2) is 6.67 Å². The third-order valence-corrected chi connectivity index (χ3v) is 4.79. The molecule has 2 heterocycles. The average molecular weight is 349 g/mol. The lowest BCUT2D eigenvalue weighted by Crippen LogP contribution is -3.11. The molecule has 0 fully saturated rings. The zero-order chi connectivity index (χ0) is 18.1. The maximum atomic E-state index is 12.5. The van der Waals surface area contributed by atoms with E-state index in [1.807, 2.05) is 49.4 Å². The highest BCUT2D eigenvalue weighted by Gasteiger charge is 2.26. The van der Waals surface area contributed by atoms with Crippen LogP contribution in [0.2, 0.25) is 0 Å². The molecule has 1 unspecified atom stereocenters. The van der Waals surface area contributed by atoms with Crippen molar-refractivity contribution in [3.05, 3.63) is 92.1 Å². The highest BCUT2D eigenvalue weighted by atomic mass is 16.2. The summed E-state index contributed by atoms with van der Waals surface area (Å²) in [6.45, 7) is 3.99. The molecule has 0 amide bonds. The number of aryl methyl sites for hydroxylation is 1. The monoisotopic (exact) mass is 349 g/mol. The van der Waals surface area contributed by atoms with Crippen LogP contribution in [0.25, 0.3) is 5.69 Å². The summed E-state index contributed by atoms with van der Waals surface area (Å²) >= 11 is 0. The van der Waals surface area contributed by atoms with Gasteiger partial charge in [0.2, 0.25) is 0 Å². The Labute approximate surface area is 150 Å². The van der Waals surface area contributed by atoms with Gasteiger partial charge < -0.3 is 10.2 Å². The Morgan fingerprint density at radius 2 is 1.77 bits per heavy atom. The zero-order valence-electron chi connectivity index (χ0n) is 14.6. The van der Waals surface area contributed by atoms with Gasteiger partial charge in [-0.1, -0.05) is 48.5 Å². The summed E-state index contributed by atoms with van der Waals surface area (Å²) in [5.74, 6) is 0.602. The van der Waals surface area contributed by atoms with Crippen LogP contribution in [0.15, 0.2) is 64.2 Å². The van der Waals surface area contributed by atoms with Crippen LogP contribution < -0.4 is 21.5 Å². The smallest absolute Gasteiger partial charge is 0.324 e. The molecule has 0 aliphatic carbocycles. The second-order valence-electron chi connectivity index (χ2n) is 6.65. The van der Waals surface area contributed by atoms with E-state index in [1.54, 1.807) is 4.57 Å². The summed E-state index contributed by atoms with van der Waals surface area (Å²) in [6, 6.07) is 17.9. The summed E-state index contributed by atoms with van der Waals surface area (Å²) in [7, 11) is 0. The Morgan fingerprint density at radius 3 is 2.54 bits per heavy atom. The van der Waals surface area contributed by atoms with Crippen molar-refractivity contribution >= 4 is 5.82 Å². The molecule has 0 bridgehead atoms. The van der Waals surface area contributed by atoms with Crippen molar-refractivity contribution in [2.75, 3.05) is 12.0 Å². The lowest BCUT2D eigenvalue weighted by Gasteiger charge is -2.28. The van der Waals surface area contributed by atoms with Crippen LogP contribution in [0, 0.1) is 6.92 Å².